The molecule has 0 bridgehead atoms. The molecule has 0 aliphatic rings. The van der Waals surface area contributed by atoms with Crippen molar-refractivity contribution in [2.24, 2.45) is 11.7 Å². The van der Waals surface area contributed by atoms with E-state index in [2.05, 4.69) is 4.98 Å². The van der Waals surface area contributed by atoms with E-state index < -0.39 is 0 Å². The summed E-state index contributed by atoms with van der Waals surface area (Å²) < 4.78 is 0. The molecule has 15 heavy (non-hydrogen) atoms. The normalized spacial score (nSPS) is 12.5. The number of nitrogens with two attached hydrogens (primary N) is 1. The van der Waals surface area contributed by atoms with Crippen molar-refractivity contribution in [2.45, 2.75) is 19.9 Å². The van der Waals surface area contributed by atoms with Crippen LogP contribution in [-0.2, 0) is 11.3 Å². The Kier molecular flexibility index (Phi) is 4.37. The van der Waals surface area contributed by atoms with Gasteiger partial charge in [0.2, 0.25) is 5.91 Å². The van der Waals surface area contributed by atoms with E-state index in [1.165, 1.54) is 0 Å². The van der Waals surface area contributed by atoms with Crippen molar-refractivity contribution in [1.82, 2.24) is 9.88 Å². The smallest absolute Gasteiger partial charge is 0.227 e. The highest BCUT2D eigenvalue weighted by molar-refractivity contribution is 5.78. The van der Waals surface area contributed by atoms with Crippen molar-refractivity contribution in [1.29, 1.82) is 0 Å². The second-order valence-corrected chi connectivity index (χ2v) is 3.73. The highest BCUT2D eigenvalue weighted by Crippen LogP contribution is 2.07. The van der Waals surface area contributed by atoms with Gasteiger partial charge in [-0.25, -0.2) is 0 Å². The molecular weight excluding hydrogens is 190 g/mol. The molecule has 0 saturated heterocycles. The molecule has 84 valence electrons. The molecule has 1 aromatic heterocycles. The van der Waals surface area contributed by atoms with E-state index in [-0.39, 0.29) is 11.8 Å². The molecule has 1 amide bonds. The molecule has 1 heterocycles. The molecule has 0 fully saturated rings. The SMILES string of the molecule is CCC(CN)C(=O)N(C)Cc1ccc[nH]1. The van der Waals surface area contributed by atoms with Gasteiger partial charge in [-0.2, -0.15) is 0 Å². The number of amides is 1. The molecule has 0 radical (unpaired) electrons. The van der Waals surface area contributed by atoms with Crippen LogP contribution in [0.4, 0.5) is 0 Å². The molecule has 1 aromatic rings. The lowest BCUT2D eigenvalue weighted by atomic mass is 10.1. The number of hydrogen-bond donors (Lipinski definition) is 2. The first-order chi connectivity index (χ1) is 7.19. The van der Waals surface area contributed by atoms with Gasteiger partial charge in [0.05, 0.1) is 12.5 Å². The minimum atomic E-state index is -0.0510. The number of carbonyl (C=O) groups excluding carboxylic acids is 1. The Labute approximate surface area is 90.5 Å². The van der Waals surface area contributed by atoms with Crippen LogP contribution in [0.5, 0.6) is 0 Å². The molecule has 1 unspecified atom stereocenters. The first kappa shape index (κ1) is 11.8. The largest absolute Gasteiger partial charge is 0.364 e. The van der Waals surface area contributed by atoms with Crippen molar-refractivity contribution >= 4 is 5.91 Å². The van der Waals surface area contributed by atoms with Gasteiger partial charge in [0.25, 0.3) is 0 Å². The summed E-state index contributed by atoms with van der Waals surface area (Å²) in [7, 11) is 1.81. The zero-order valence-corrected chi connectivity index (χ0v) is 9.36. The standard InChI is InChI=1S/C11H19N3O/c1-3-9(7-12)11(15)14(2)8-10-5-4-6-13-10/h4-6,9,13H,3,7-8,12H2,1-2H3. The number of nitrogens with zero attached hydrogens (tertiary/aromatic N) is 1. The maximum Gasteiger partial charge on any atom is 0.227 e. The average molecular weight is 209 g/mol. The fourth-order valence-corrected chi connectivity index (χ4v) is 1.55. The fraction of sp³-hybridized carbons (Fsp3) is 0.545. The predicted octanol–water partition coefficient (Wildman–Crippen LogP) is 0.958. The van der Waals surface area contributed by atoms with Crippen molar-refractivity contribution in [3.63, 3.8) is 0 Å². The third-order valence-electron chi connectivity index (χ3n) is 2.57. The van der Waals surface area contributed by atoms with Gasteiger partial charge in [-0.15, -0.1) is 0 Å². The summed E-state index contributed by atoms with van der Waals surface area (Å²) in [6.45, 7) is 3.02. The monoisotopic (exact) mass is 209 g/mol. The van der Waals surface area contributed by atoms with Gasteiger partial charge in [-0.3, -0.25) is 4.79 Å². The highest BCUT2D eigenvalue weighted by Gasteiger charge is 2.18. The number of carbonyl (C=O) groups is 1. The third kappa shape index (κ3) is 3.09. The van der Waals surface area contributed by atoms with Crippen molar-refractivity contribution in [2.75, 3.05) is 13.6 Å². The maximum absolute atomic E-state index is 11.9. The maximum atomic E-state index is 11.9. The molecule has 0 aliphatic carbocycles. The lowest BCUT2D eigenvalue weighted by Crippen LogP contribution is -2.35. The van der Waals surface area contributed by atoms with Gasteiger partial charge < -0.3 is 15.6 Å². The van der Waals surface area contributed by atoms with Gasteiger partial charge in [-0.05, 0) is 18.6 Å². The summed E-state index contributed by atoms with van der Waals surface area (Å²) in [6, 6.07) is 3.89. The first-order valence-corrected chi connectivity index (χ1v) is 5.26. The number of hydrogen-bond acceptors (Lipinski definition) is 2. The zero-order valence-electron chi connectivity index (χ0n) is 9.36. The molecule has 0 spiro atoms. The van der Waals surface area contributed by atoms with Gasteiger partial charge >= 0.3 is 0 Å². The number of aromatic nitrogens is 1. The van der Waals surface area contributed by atoms with E-state index in [0.717, 1.165) is 12.1 Å². The molecule has 0 saturated carbocycles. The first-order valence-electron chi connectivity index (χ1n) is 5.26. The number of nitrogens with one attached hydrogen (secondary N) is 1. The van der Waals surface area contributed by atoms with Gasteiger partial charge in [0.15, 0.2) is 0 Å². The summed E-state index contributed by atoms with van der Waals surface area (Å²) >= 11 is 0. The van der Waals surface area contributed by atoms with Crippen molar-refractivity contribution in [3.8, 4) is 0 Å². The van der Waals surface area contributed by atoms with Crippen molar-refractivity contribution < 1.29 is 4.79 Å². The van der Waals surface area contributed by atoms with Crippen molar-refractivity contribution in [3.05, 3.63) is 24.0 Å². The predicted molar refractivity (Wildman–Crippen MR) is 60.1 cm³/mol. The summed E-state index contributed by atoms with van der Waals surface area (Å²) in [4.78, 5) is 16.7. The lowest BCUT2D eigenvalue weighted by Gasteiger charge is -2.21. The number of aromatic amines is 1. The van der Waals surface area contributed by atoms with Crippen LogP contribution < -0.4 is 5.73 Å². The Hall–Kier alpha value is -1.29. The summed E-state index contributed by atoms with van der Waals surface area (Å²) in [5.74, 6) is 0.0690. The van der Waals surface area contributed by atoms with E-state index >= 15 is 0 Å². The topological polar surface area (TPSA) is 62.1 Å². The molecule has 4 heteroatoms. The Morgan fingerprint density at radius 1 is 1.67 bits per heavy atom. The Morgan fingerprint density at radius 3 is 2.87 bits per heavy atom. The molecule has 3 N–H and O–H groups in total. The van der Waals surface area contributed by atoms with Gasteiger partial charge in [0, 0.05) is 25.5 Å². The van der Waals surface area contributed by atoms with E-state index in [0.29, 0.717) is 13.1 Å². The molecule has 0 aliphatic heterocycles. The Morgan fingerprint density at radius 2 is 2.40 bits per heavy atom. The fourth-order valence-electron chi connectivity index (χ4n) is 1.55. The van der Waals surface area contributed by atoms with E-state index in [1.807, 2.05) is 32.3 Å². The van der Waals surface area contributed by atoms with E-state index in [1.54, 1.807) is 4.90 Å². The number of H-pyrrole nitrogens is 1. The molecule has 1 rings (SSSR count). The Balaban J connectivity index is 2.53. The summed E-state index contributed by atoms with van der Waals surface area (Å²) in [5.41, 5.74) is 6.58. The highest BCUT2D eigenvalue weighted by atomic mass is 16.2. The van der Waals surface area contributed by atoms with Crippen LogP contribution in [0.3, 0.4) is 0 Å². The molecule has 0 aromatic carbocycles. The minimum Gasteiger partial charge on any atom is -0.364 e. The van der Waals surface area contributed by atoms with Crippen LogP contribution in [-0.4, -0.2) is 29.4 Å². The second-order valence-electron chi connectivity index (χ2n) is 3.73. The van der Waals surface area contributed by atoms with E-state index in [9.17, 15) is 4.79 Å². The van der Waals surface area contributed by atoms with Crippen LogP contribution in [0.25, 0.3) is 0 Å². The van der Waals surface area contributed by atoms with Crippen LogP contribution in [0.15, 0.2) is 18.3 Å². The Bertz CT molecular complexity index is 291. The van der Waals surface area contributed by atoms with Crippen LogP contribution in [0.2, 0.25) is 0 Å². The number of rotatable bonds is 5. The quantitative estimate of drug-likeness (QED) is 0.758. The molecule has 1 atom stereocenters. The van der Waals surface area contributed by atoms with Crippen LogP contribution in [0, 0.1) is 5.92 Å². The lowest BCUT2D eigenvalue weighted by molar-refractivity contribution is -0.134. The van der Waals surface area contributed by atoms with Gasteiger partial charge in [-0.1, -0.05) is 6.92 Å². The minimum absolute atomic E-state index is 0.0510. The summed E-state index contributed by atoms with van der Waals surface area (Å²) in [6.07, 6.45) is 2.65. The van der Waals surface area contributed by atoms with Crippen LogP contribution in [0.1, 0.15) is 19.0 Å². The summed E-state index contributed by atoms with van der Waals surface area (Å²) in [5, 5.41) is 0. The van der Waals surface area contributed by atoms with Gasteiger partial charge in [0.1, 0.15) is 0 Å². The molecule has 4 nitrogen and oxygen atoms in total. The second kappa shape index (κ2) is 5.56. The average Bonchev–Trinajstić information content (AvgIpc) is 2.72. The third-order valence-corrected chi connectivity index (χ3v) is 2.57. The zero-order chi connectivity index (χ0) is 11.3. The van der Waals surface area contributed by atoms with Crippen LogP contribution >= 0.6 is 0 Å². The molecular formula is C11H19N3O. The van der Waals surface area contributed by atoms with E-state index in [4.69, 9.17) is 5.73 Å².